The second-order valence-corrected chi connectivity index (χ2v) is 5.47. The van der Waals surface area contributed by atoms with Crippen LogP contribution in [0.5, 0.6) is 0 Å². The minimum Gasteiger partial charge on any atom is -0.396 e. The number of nitrogens with zero attached hydrogens (tertiary/aromatic N) is 1. The van der Waals surface area contributed by atoms with E-state index in [1.165, 1.54) is 18.4 Å². The van der Waals surface area contributed by atoms with Gasteiger partial charge >= 0.3 is 0 Å². The fraction of sp³-hybridized carbons (Fsp3) is 0.538. The van der Waals surface area contributed by atoms with Gasteiger partial charge in [0.1, 0.15) is 0 Å². The van der Waals surface area contributed by atoms with Gasteiger partial charge in [-0.15, -0.1) is 0 Å². The molecule has 0 amide bonds. The van der Waals surface area contributed by atoms with Crippen LogP contribution in [0.3, 0.4) is 0 Å². The van der Waals surface area contributed by atoms with Crippen LogP contribution in [-0.2, 0) is 6.54 Å². The first kappa shape index (κ1) is 12.1. The molecule has 0 aromatic heterocycles. The molecule has 1 aromatic carbocycles. The molecule has 1 aliphatic rings. The molecule has 1 aromatic rings. The number of rotatable bonds is 3. The van der Waals surface area contributed by atoms with E-state index in [2.05, 4.69) is 45.1 Å². The van der Waals surface area contributed by atoms with E-state index in [9.17, 15) is 5.11 Å². The first-order chi connectivity index (χ1) is 7.78. The first-order valence-electron chi connectivity index (χ1n) is 5.85. The summed E-state index contributed by atoms with van der Waals surface area (Å²) < 4.78 is 1.13. The Hall–Kier alpha value is -0.380. The number of hydrogen-bond acceptors (Lipinski definition) is 2. The van der Waals surface area contributed by atoms with Crippen molar-refractivity contribution in [2.45, 2.75) is 19.4 Å². The summed E-state index contributed by atoms with van der Waals surface area (Å²) in [6.45, 7) is 3.53. The van der Waals surface area contributed by atoms with Gasteiger partial charge in [0, 0.05) is 24.2 Å². The molecule has 2 rings (SSSR count). The molecule has 1 heterocycles. The monoisotopic (exact) mass is 283 g/mol. The average Bonchev–Trinajstić information content (AvgIpc) is 2.32. The van der Waals surface area contributed by atoms with Gasteiger partial charge in [0.2, 0.25) is 0 Å². The second-order valence-electron chi connectivity index (χ2n) is 4.55. The predicted octanol–water partition coefficient (Wildman–Crippen LogP) is 2.65. The van der Waals surface area contributed by atoms with Crippen molar-refractivity contribution in [3.05, 3.63) is 34.3 Å². The second kappa shape index (κ2) is 5.80. The molecule has 0 unspecified atom stereocenters. The molecule has 0 bridgehead atoms. The zero-order chi connectivity index (χ0) is 11.4. The smallest absolute Gasteiger partial charge is 0.0471 e. The van der Waals surface area contributed by atoms with Gasteiger partial charge in [0.05, 0.1) is 0 Å². The van der Waals surface area contributed by atoms with Crippen molar-refractivity contribution in [3.8, 4) is 0 Å². The Kier molecular flexibility index (Phi) is 4.38. The summed E-state index contributed by atoms with van der Waals surface area (Å²) in [6.07, 6.45) is 2.38. The molecule has 0 spiro atoms. The summed E-state index contributed by atoms with van der Waals surface area (Å²) in [4.78, 5) is 2.44. The van der Waals surface area contributed by atoms with Crippen molar-refractivity contribution in [1.82, 2.24) is 4.90 Å². The predicted molar refractivity (Wildman–Crippen MR) is 69.2 cm³/mol. The highest BCUT2D eigenvalue weighted by atomic mass is 79.9. The van der Waals surface area contributed by atoms with Crippen molar-refractivity contribution in [1.29, 1.82) is 0 Å². The number of benzene rings is 1. The standard InChI is InChI=1S/C13H18BrNO/c14-13-5-3-11(4-6-13)8-15-7-1-2-12(9-15)10-16/h3-6,12,16H,1-2,7-10H2/t12-/m0/s1. The maximum absolute atomic E-state index is 9.18. The van der Waals surface area contributed by atoms with Crippen LogP contribution >= 0.6 is 15.9 Å². The van der Waals surface area contributed by atoms with Gasteiger partial charge in [-0.05, 0) is 43.0 Å². The highest BCUT2D eigenvalue weighted by molar-refractivity contribution is 9.10. The van der Waals surface area contributed by atoms with Gasteiger partial charge in [-0.2, -0.15) is 0 Å². The van der Waals surface area contributed by atoms with E-state index in [1.54, 1.807) is 0 Å². The van der Waals surface area contributed by atoms with E-state index >= 15 is 0 Å². The van der Waals surface area contributed by atoms with E-state index in [0.29, 0.717) is 12.5 Å². The number of aliphatic hydroxyl groups is 1. The summed E-state index contributed by atoms with van der Waals surface area (Å²) in [6, 6.07) is 8.49. The normalized spacial score (nSPS) is 22.2. The van der Waals surface area contributed by atoms with Crippen LogP contribution < -0.4 is 0 Å². The van der Waals surface area contributed by atoms with E-state index < -0.39 is 0 Å². The molecule has 3 heteroatoms. The van der Waals surface area contributed by atoms with Crippen LogP contribution in [0.15, 0.2) is 28.7 Å². The van der Waals surface area contributed by atoms with E-state index in [0.717, 1.165) is 24.1 Å². The van der Waals surface area contributed by atoms with Gasteiger partial charge < -0.3 is 5.11 Å². The van der Waals surface area contributed by atoms with Crippen LogP contribution in [0.2, 0.25) is 0 Å². The molecular formula is C13H18BrNO. The summed E-state index contributed by atoms with van der Waals surface area (Å²) >= 11 is 3.44. The Morgan fingerprint density at radius 2 is 2.06 bits per heavy atom. The molecule has 0 radical (unpaired) electrons. The van der Waals surface area contributed by atoms with Gasteiger partial charge in [-0.25, -0.2) is 0 Å². The summed E-state index contributed by atoms with van der Waals surface area (Å²) in [5, 5.41) is 9.18. The summed E-state index contributed by atoms with van der Waals surface area (Å²) in [7, 11) is 0. The van der Waals surface area contributed by atoms with Crippen LogP contribution in [0, 0.1) is 5.92 Å². The first-order valence-corrected chi connectivity index (χ1v) is 6.65. The Bertz CT molecular complexity index is 325. The molecule has 0 aliphatic carbocycles. The van der Waals surface area contributed by atoms with Crippen molar-refractivity contribution >= 4 is 15.9 Å². The lowest BCUT2D eigenvalue weighted by molar-refractivity contribution is 0.116. The Balaban J connectivity index is 1.91. The minimum atomic E-state index is 0.330. The zero-order valence-corrected chi connectivity index (χ0v) is 11.0. The number of aliphatic hydroxyl groups excluding tert-OH is 1. The van der Waals surface area contributed by atoms with E-state index in [-0.39, 0.29) is 0 Å². The highest BCUT2D eigenvalue weighted by Gasteiger charge is 2.18. The third kappa shape index (κ3) is 3.30. The molecule has 1 fully saturated rings. The quantitative estimate of drug-likeness (QED) is 0.922. The summed E-state index contributed by atoms with van der Waals surface area (Å²) in [5.41, 5.74) is 1.35. The molecule has 16 heavy (non-hydrogen) atoms. The number of piperidine rings is 1. The molecule has 2 nitrogen and oxygen atoms in total. The van der Waals surface area contributed by atoms with Crippen molar-refractivity contribution in [2.24, 2.45) is 5.92 Å². The highest BCUT2D eigenvalue weighted by Crippen LogP contribution is 2.19. The fourth-order valence-electron chi connectivity index (χ4n) is 2.29. The van der Waals surface area contributed by atoms with Gasteiger partial charge in [0.25, 0.3) is 0 Å². The number of likely N-dealkylation sites (tertiary alicyclic amines) is 1. The maximum Gasteiger partial charge on any atom is 0.0471 e. The molecule has 1 N–H and O–H groups in total. The largest absolute Gasteiger partial charge is 0.396 e. The number of hydrogen-bond donors (Lipinski definition) is 1. The van der Waals surface area contributed by atoms with Crippen LogP contribution in [-0.4, -0.2) is 29.7 Å². The Labute approximate surface area is 105 Å². The SMILES string of the molecule is OC[C@H]1CCCN(Cc2ccc(Br)cc2)C1. The molecule has 1 atom stereocenters. The van der Waals surface area contributed by atoms with Crippen LogP contribution in [0.1, 0.15) is 18.4 Å². The lowest BCUT2D eigenvalue weighted by Crippen LogP contribution is -2.36. The molecule has 88 valence electrons. The van der Waals surface area contributed by atoms with E-state index in [1.807, 2.05) is 0 Å². The van der Waals surface area contributed by atoms with Gasteiger partial charge in [-0.3, -0.25) is 4.90 Å². The molecule has 1 saturated heterocycles. The topological polar surface area (TPSA) is 23.5 Å². The van der Waals surface area contributed by atoms with Crippen molar-refractivity contribution in [3.63, 3.8) is 0 Å². The number of halogens is 1. The minimum absolute atomic E-state index is 0.330. The summed E-state index contributed by atoms with van der Waals surface area (Å²) in [5.74, 6) is 0.476. The lowest BCUT2D eigenvalue weighted by Gasteiger charge is -2.31. The fourth-order valence-corrected chi connectivity index (χ4v) is 2.56. The van der Waals surface area contributed by atoms with Gasteiger partial charge in [-0.1, -0.05) is 28.1 Å². The molecule has 0 saturated carbocycles. The zero-order valence-electron chi connectivity index (χ0n) is 9.40. The van der Waals surface area contributed by atoms with Gasteiger partial charge in [0.15, 0.2) is 0 Å². The third-order valence-corrected chi connectivity index (χ3v) is 3.71. The maximum atomic E-state index is 9.18. The Morgan fingerprint density at radius 1 is 1.31 bits per heavy atom. The Morgan fingerprint density at radius 3 is 2.75 bits per heavy atom. The molecular weight excluding hydrogens is 266 g/mol. The van der Waals surface area contributed by atoms with Crippen molar-refractivity contribution < 1.29 is 5.11 Å². The van der Waals surface area contributed by atoms with E-state index in [4.69, 9.17) is 0 Å². The molecule has 1 aliphatic heterocycles. The lowest BCUT2D eigenvalue weighted by atomic mass is 9.98. The average molecular weight is 284 g/mol. The third-order valence-electron chi connectivity index (χ3n) is 3.18. The van der Waals surface area contributed by atoms with Crippen LogP contribution in [0.25, 0.3) is 0 Å². The van der Waals surface area contributed by atoms with Crippen molar-refractivity contribution in [2.75, 3.05) is 19.7 Å². The van der Waals surface area contributed by atoms with Crippen LogP contribution in [0.4, 0.5) is 0 Å².